The van der Waals surface area contributed by atoms with Crippen LogP contribution in [0.1, 0.15) is 27.2 Å². The van der Waals surface area contributed by atoms with E-state index in [0.29, 0.717) is 5.25 Å². The van der Waals surface area contributed by atoms with Gasteiger partial charge in [0.1, 0.15) is 10.8 Å². The Balaban J connectivity index is 2.63. The molecule has 4 heteroatoms. The van der Waals surface area contributed by atoms with E-state index < -0.39 is 0 Å². The van der Waals surface area contributed by atoms with Crippen molar-refractivity contribution in [2.45, 2.75) is 37.5 Å². The highest BCUT2D eigenvalue weighted by atomic mass is 32.2. The van der Waals surface area contributed by atoms with E-state index in [-0.39, 0.29) is 0 Å². The number of hydrogen-bond acceptors (Lipinski definition) is 4. The molecular formula is C10H17N3S. The van der Waals surface area contributed by atoms with Gasteiger partial charge in [-0.3, -0.25) is 4.98 Å². The molecule has 0 aliphatic carbocycles. The zero-order chi connectivity index (χ0) is 10.4. The van der Waals surface area contributed by atoms with E-state index >= 15 is 0 Å². The Kier molecular flexibility index (Phi) is 4.73. The Hall–Kier alpha value is -0.770. The number of thioether (sulfide) groups is 1. The van der Waals surface area contributed by atoms with E-state index in [1.165, 1.54) is 0 Å². The Morgan fingerprint density at radius 1 is 1.43 bits per heavy atom. The molecule has 1 N–H and O–H groups in total. The highest BCUT2D eigenvalue weighted by molar-refractivity contribution is 7.99. The summed E-state index contributed by atoms with van der Waals surface area (Å²) >= 11 is 1.77. The van der Waals surface area contributed by atoms with Crippen molar-refractivity contribution in [3.05, 3.63) is 12.4 Å². The molecule has 1 rings (SSSR count). The predicted octanol–water partition coefficient (Wildman–Crippen LogP) is 2.80. The summed E-state index contributed by atoms with van der Waals surface area (Å²) in [6.07, 6.45) is 4.72. The SMILES string of the molecule is CCNc1cncc(SC(C)CC)n1. The van der Waals surface area contributed by atoms with Crippen molar-refractivity contribution >= 4 is 17.6 Å². The molecule has 0 spiro atoms. The fraction of sp³-hybridized carbons (Fsp3) is 0.600. The average molecular weight is 211 g/mol. The Bertz CT molecular complexity index is 278. The van der Waals surface area contributed by atoms with Crippen LogP contribution in [0, 0.1) is 0 Å². The lowest BCUT2D eigenvalue weighted by Gasteiger charge is -2.08. The van der Waals surface area contributed by atoms with Gasteiger partial charge in [0.15, 0.2) is 0 Å². The number of rotatable bonds is 5. The molecule has 1 aromatic heterocycles. The van der Waals surface area contributed by atoms with Gasteiger partial charge in [-0.1, -0.05) is 13.8 Å². The van der Waals surface area contributed by atoms with Gasteiger partial charge < -0.3 is 5.32 Å². The molecule has 1 atom stereocenters. The molecule has 0 saturated carbocycles. The van der Waals surface area contributed by atoms with Crippen LogP contribution in [0.15, 0.2) is 17.4 Å². The normalized spacial score (nSPS) is 12.5. The summed E-state index contributed by atoms with van der Waals surface area (Å²) in [6.45, 7) is 7.31. The van der Waals surface area contributed by atoms with Gasteiger partial charge in [0, 0.05) is 11.8 Å². The van der Waals surface area contributed by atoms with Gasteiger partial charge in [-0.05, 0) is 13.3 Å². The summed E-state index contributed by atoms with van der Waals surface area (Å²) in [7, 11) is 0. The maximum Gasteiger partial charge on any atom is 0.145 e. The van der Waals surface area contributed by atoms with Crippen molar-refractivity contribution in [1.29, 1.82) is 0 Å². The van der Waals surface area contributed by atoms with E-state index in [2.05, 4.69) is 36.1 Å². The van der Waals surface area contributed by atoms with Gasteiger partial charge in [-0.2, -0.15) is 0 Å². The highest BCUT2D eigenvalue weighted by Gasteiger charge is 2.03. The molecule has 1 unspecified atom stereocenters. The fourth-order valence-electron chi connectivity index (χ4n) is 0.961. The monoisotopic (exact) mass is 211 g/mol. The second-order valence-corrected chi connectivity index (χ2v) is 4.57. The van der Waals surface area contributed by atoms with Crippen LogP contribution in [0.3, 0.4) is 0 Å². The molecule has 1 heterocycles. The lowest BCUT2D eigenvalue weighted by atomic mass is 10.4. The van der Waals surface area contributed by atoms with Gasteiger partial charge in [0.25, 0.3) is 0 Å². The molecule has 0 amide bonds. The number of aromatic nitrogens is 2. The van der Waals surface area contributed by atoms with E-state index in [1.807, 2.05) is 6.20 Å². The maximum atomic E-state index is 4.44. The van der Waals surface area contributed by atoms with Crippen molar-refractivity contribution in [3.8, 4) is 0 Å². The van der Waals surface area contributed by atoms with Crippen molar-refractivity contribution in [2.75, 3.05) is 11.9 Å². The number of nitrogens with zero attached hydrogens (tertiary/aromatic N) is 2. The molecule has 0 radical (unpaired) electrons. The van der Waals surface area contributed by atoms with Crippen molar-refractivity contribution in [2.24, 2.45) is 0 Å². The van der Waals surface area contributed by atoms with Crippen LogP contribution in [0.5, 0.6) is 0 Å². The summed E-state index contributed by atoms with van der Waals surface area (Å²) in [5.41, 5.74) is 0. The van der Waals surface area contributed by atoms with Gasteiger partial charge in [-0.15, -0.1) is 11.8 Å². The van der Waals surface area contributed by atoms with Gasteiger partial charge in [0.2, 0.25) is 0 Å². The minimum atomic E-state index is 0.598. The molecule has 14 heavy (non-hydrogen) atoms. The Morgan fingerprint density at radius 3 is 2.86 bits per heavy atom. The minimum Gasteiger partial charge on any atom is -0.369 e. The first-order chi connectivity index (χ1) is 6.76. The molecule has 0 fully saturated rings. The molecule has 1 aromatic rings. The largest absolute Gasteiger partial charge is 0.369 e. The second kappa shape index (κ2) is 5.86. The van der Waals surface area contributed by atoms with Crippen LogP contribution >= 0.6 is 11.8 Å². The van der Waals surface area contributed by atoms with E-state index in [4.69, 9.17) is 0 Å². The first kappa shape index (κ1) is 11.3. The van der Waals surface area contributed by atoms with Crippen molar-refractivity contribution in [1.82, 2.24) is 9.97 Å². The third-order valence-electron chi connectivity index (χ3n) is 1.87. The summed E-state index contributed by atoms with van der Waals surface area (Å²) in [4.78, 5) is 8.58. The zero-order valence-corrected chi connectivity index (χ0v) is 9.77. The molecule has 0 aliphatic heterocycles. The second-order valence-electron chi connectivity index (χ2n) is 3.11. The number of nitrogens with one attached hydrogen (secondary N) is 1. The van der Waals surface area contributed by atoms with E-state index in [1.54, 1.807) is 18.0 Å². The van der Waals surface area contributed by atoms with Gasteiger partial charge in [-0.25, -0.2) is 4.98 Å². The highest BCUT2D eigenvalue weighted by Crippen LogP contribution is 2.22. The summed E-state index contributed by atoms with van der Waals surface area (Å²) in [6, 6.07) is 0. The smallest absolute Gasteiger partial charge is 0.145 e. The Labute approximate surface area is 89.7 Å². The van der Waals surface area contributed by atoms with E-state index in [9.17, 15) is 0 Å². The van der Waals surface area contributed by atoms with Crippen molar-refractivity contribution < 1.29 is 0 Å². The molecule has 0 bridgehead atoms. The van der Waals surface area contributed by atoms with Crippen LogP contribution in [0.4, 0.5) is 5.82 Å². The summed E-state index contributed by atoms with van der Waals surface area (Å²) in [5.74, 6) is 0.862. The molecule has 78 valence electrons. The van der Waals surface area contributed by atoms with Crippen LogP contribution in [0.25, 0.3) is 0 Å². The van der Waals surface area contributed by atoms with Crippen LogP contribution in [0.2, 0.25) is 0 Å². The predicted molar refractivity (Wildman–Crippen MR) is 61.8 cm³/mol. The van der Waals surface area contributed by atoms with Crippen LogP contribution in [-0.2, 0) is 0 Å². The molecule has 0 aliphatic rings. The molecule has 0 aromatic carbocycles. The summed E-state index contributed by atoms with van der Waals surface area (Å²) in [5, 5.41) is 4.75. The fourth-order valence-corrected chi connectivity index (χ4v) is 1.81. The van der Waals surface area contributed by atoms with Crippen LogP contribution in [-0.4, -0.2) is 21.8 Å². The first-order valence-electron chi connectivity index (χ1n) is 4.98. The van der Waals surface area contributed by atoms with E-state index in [0.717, 1.165) is 23.8 Å². The van der Waals surface area contributed by atoms with Crippen LogP contribution < -0.4 is 5.32 Å². The molecular weight excluding hydrogens is 194 g/mol. The minimum absolute atomic E-state index is 0.598. The first-order valence-corrected chi connectivity index (χ1v) is 5.86. The zero-order valence-electron chi connectivity index (χ0n) is 8.95. The molecule has 0 saturated heterocycles. The average Bonchev–Trinajstić information content (AvgIpc) is 2.19. The lowest BCUT2D eigenvalue weighted by Crippen LogP contribution is -2.01. The van der Waals surface area contributed by atoms with Gasteiger partial charge in [0.05, 0.1) is 12.4 Å². The topological polar surface area (TPSA) is 37.8 Å². The van der Waals surface area contributed by atoms with Gasteiger partial charge >= 0.3 is 0 Å². The van der Waals surface area contributed by atoms with Crippen molar-refractivity contribution in [3.63, 3.8) is 0 Å². The Morgan fingerprint density at radius 2 is 2.21 bits per heavy atom. The standard InChI is InChI=1S/C10H17N3S/c1-4-8(3)14-10-7-11-6-9(13-10)12-5-2/h6-8H,4-5H2,1-3H3,(H,12,13). The maximum absolute atomic E-state index is 4.44. The third-order valence-corrected chi connectivity index (χ3v) is 3.04. The lowest BCUT2D eigenvalue weighted by molar-refractivity contribution is 0.898. The quantitative estimate of drug-likeness (QED) is 0.760. The number of hydrogen-bond donors (Lipinski definition) is 1. The third kappa shape index (κ3) is 3.54. The summed E-state index contributed by atoms with van der Waals surface area (Å²) < 4.78 is 0. The molecule has 3 nitrogen and oxygen atoms in total. The number of anilines is 1.